The monoisotopic (exact) mass is 453 g/mol. The lowest BCUT2D eigenvalue weighted by Gasteiger charge is -2.31. The van der Waals surface area contributed by atoms with Gasteiger partial charge in [-0.15, -0.1) is 0 Å². The first kappa shape index (κ1) is 22.8. The summed E-state index contributed by atoms with van der Waals surface area (Å²) in [6, 6.07) is 5.50. The van der Waals surface area contributed by atoms with Crippen molar-refractivity contribution >= 4 is 22.8 Å². The molecule has 1 amide bonds. The lowest BCUT2D eigenvalue weighted by molar-refractivity contribution is -0.121. The normalized spacial score (nSPS) is 14.5. The number of aromatic nitrogens is 3. The number of amides is 1. The van der Waals surface area contributed by atoms with Crippen molar-refractivity contribution in [2.45, 2.75) is 46.1 Å². The summed E-state index contributed by atoms with van der Waals surface area (Å²) in [6.07, 6.45) is 2.93. The number of carbonyl (C=O) groups excluding carboxylic acids is 1. The van der Waals surface area contributed by atoms with E-state index in [-0.39, 0.29) is 12.3 Å². The molecule has 176 valence electrons. The van der Waals surface area contributed by atoms with Gasteiger partial charge >= 0.3 is 0 Å². The summed E-state index contributed by atoms with van der Waals surface area (Å²) in [5.41, 5.74) is 2.12. The van der Waals surface area contributed by atoms with Crippen LogP contribution < -0.4 is 19.7 Å². The van der Waals surface area contributed by atoms with Gasteiger partial charge in [0.15, 0.2) is 0 Å². The Morgan fingerprint density at radius 2 is 2.00 bits per heavy atom. The molecule has 0 spiro atoms. The third kappa shape index (κ3) is 5.18. The molecule has 0 atom stereocenters. The summed E-state index contributed by atoms with van der Waals surface area (Å²) in [7, 11) is 3.21. The van der Waals surface area contributed by atoms with E-state index in [9.17, 15) is 4.79 Å². The SMILES string of the molecule is COc1ccc(OC)c(CNC(=O)CCc2nc(N3CCC(C)CC3)c3c(C)noc3n2)c1. The summed E-state index contributed by atoms with van der Waals surface area (Å²) in [4.78, 5) is 24.2. The van der Waals surface area contributed by atoms with E-state index in [4.69, 9.17) is 19.0 Å². The molecule has 1 aromatic carbocycles. The van der Waals surface area contributed by atoms with Crippen molar-refractivity contribution in [2.24, 2.45) is 5.92 Å². The molecular weight excluding hydrogens is 422 g/mol. The number of nitrogens with zero attached hydrogens (tertiary/aromatic N) is 4. The summed E-state index contributed by atoms with van der Waals surface area (Å²) in [6.45, 7) is 6.42. The molecule has 0 bridgehead atoms. The fourth-order valence-corrected chi connectivity index (χ4v) is 4.10. The van der Waals surface area contributed by atoms with E-state index in [2.05, 4.69) is 27.3 Å². The number of carbonyl (C=O) groups is 1. The highest BCUT2D eigenvalue weighted by Gasteiger charge is 2.23. The number of methoxy groups -OCH3 is 2. The Hall–Kier alpha value is -3.36. The number of fused-ring (bicyclic) bond motifs is 1. The van der Waals surface area contributed by atoms with Crippen LogP contribution in [0.4, 0.5) is 5.82 Å². The average Bonchev–Trinajstić information content (AvgIpc) is 3.21. The second-order valence-electron chi connectivity index (χ2n) is 8.54. The molecule has 3 heterocycles. The first-order valence-electron chi connectivity index (χ1n) is 11.3. The predicted molar refractivity (Wildman–Crippen MR) is 125 cm³/mol. The molecule has 0 saturated carbocycles. The molecule has 0 aliphatic carbocycles. The number of nitrogens with one attached hydrogen (secondary N) is 1. The molecule has 0 radical (unpaired) electrons. The van der Waals surface area contributed by atoms with E-state index in [1.165, 1.54) is 0 Å². The van der Waals surface area contributed by atoms with Crippen molar-refractivity contribution in [3.63, 3.8) is 0 Å². The molecule has 1 aliphatic rings. The molecule has 1 N–H and O–H groups in total. The third-order valence-corrected chi connectivity index (χ3v) is 6.16. The van der Waals surface area contributed by atoms with Crippen molar-refractivity contribution in [1.29, 1.82) is 0 Å². The summed E-state index contributed by atoms with van der Waals surface area (Å²) in [5.74, 6) is 3.48. The Morgan fingerprint density at radius 3 is 2.73 bits per heavy atom. The maximum Gasteiger partial charge on any atom is 0.263 e. The van der Waals surface area contributed by atoms with Gasteiger partial charge in [0.1, 0.15) is 28.5 Å². The number of benzene rings is 1. The van der Waals surface area contributed by atoms with Crippen LogP contribution in [-0.2, 0) is 17.8 Å². The summed E-state index contributed by atoms with van der Waals surface area (Å²) in [5, 5.41) is 7.90. The van der Waals surface area contributed by atoms with Gasteiger partial charge in [0, 0.05) is 38.0 Å². The Labute approximate surface area is 193 Å². The fraction of sp³-hybridized carbons (Fsp3) is 0.500. The van der Waals surface area contributed by atoms with Crippen LogP contribution in [0, 0.1) is 12.8 Å². The highest BCUT2D eigenvalue weighted by atomic mass is 16.5. The van der Waals surface area contributed by atoms with Crippen LogP contribution in [0.3, 0.4) is 0 Å². The van der Waals surface area contributed by atoms with Gasteiger partial charge < -0.3 is 24.2 Å². The van der Waals surface area contributed by atoms with Crippen molar-refractivity contribution in [3.8, 4) is 11.5 Å². The van der Waals surface area contributed by atoms with Crippen molar-refractivity contribution in [1.82, 2.24) is 20.4 Å². The van der Waals surface area contributed by atoms with Gasteiger partial charge in [-0.05, 0) is 43.9 Å². The van der Waals surface area contributed by atoms with E-state index >= 15 is 0 Å². The van der Waals surface area contributed by atoms with Crippen molar-refractivity contribution in [3.05, 3.63) is 35.3 Å². The molecular formula is C24H31N5O4. The molecule has 2 aromatic heterocycles. The molecule has 9 heteroatoms. The second kappa shape index (κ2) is 10.1. The second-order valence-corrected chi connectivity index (χ2v) is 8.54. The standard InChI is InChI=1S/C24H31N5O4/c1-15-9-11-29(12-10-15)23-22-16(2)28-33-24(22)27-20(26-23)7-8-21(30)25-14-17-13-18(31-3)5-6-19(17)32-4/h5-6,13,15H,7-12,14H2,1-4H3,(H,25,30). The van der Waals surface area contributed by atoms with Crippen LogP contribution >= 0.6 is 0 Å². The third-order valence-electron chi connectivity index (χ3n) is 6.16. The molecule has 0 unspecified atom stereocenters. The minimum Gasteiger partial charge on any atom is -0.497 e. The maximum atomic E-state index is 12.5. The predicted octanol–water partition coefficient (Wildman–Crippen LogP) is 3.43. The Morgan fingerprint density at radius 1 is 1.21 bits per heavy atom. The van der Waals surface area contributed by atoms with E-state index in [1.807, 2.05) is 25.1 Å². The van der Waals surface area contributed by atoms with E-state index in [0.29, 0.717) is 41.9 Å². The quantitative estimate of drug-likeness (QED) is 0.553. The van der Waals surface area contributed by atoms with Crippen molar-refractivity contribution < 1.29 is 18.8 Å². The number of hydrogen-bond acceptors (Lipinski definition) is 8. The molecule has 3 aromatic rings. The van der Waals surface area contributed by atoms with Crippen molar-refractivity contribution in [2.75, 3.05) is 32.2 Å². The zero-order chi connectivity index (χ0) is 23.4. The Balaban J connectivity index is 1.43. The summed E-state index contributed by atoms with van der Waals surface area (Å²) < 4.78 is 16.1. The van der Waals surface area contributed by atoms with Crippen LogP contribution in [0.5, 0.6) is 11.5 Å². The van der Waals surface area contributed by atoms with E-state index < -0.39 is 0 Å². The minimum atomic E-state index is -0.0920. The van der Waals surface area contributed by atoms with Gasteiger partial charge in [-0.2, -0.15) is 4.98 Å². The average molecular weight is 454 g/mol. The number of piperidine rings is 1. The minimum absolute atomic E-state index is 0.0920. The zero-order valence-corrected chi connectivity index (χ0v) is 19.7. The molecule has 1 saturated heterocycles. The van der Waals surface area contributed by atoms with E-state index in [1.54, 1.807) is 14.2 Å². The number of aryl methyl sites for hydroxylation is 2. The highest BCUT2D eigenvalue weighted by Crippen LogP contribution is 2.30. The van der Waals surface area contributed by atoms with Gasteiger partial charge in [-0.3, -0.25) is 4.79 Å². The van der Waals surface area contributed by atoms with Crippen LogP contribution in [0.25, 0.3) is 11.1 Å². The Kier molecular flexibility index (Phi) is 6.96. The Bertz CT molecular complexity index is 1120. The smallest absolute Gasteiger partial charge is 0.263 e. The molecule has 1 fully saturated rings. The molecule has 1 aliphatic heterocycles. The fourth-order valence-electron chi connectivity index (χ4n) is 4.10. The number of ether oxygens (including phenoxy) is 2. The van der Waals surface area contributed by atoms with Gasteiger partial charge in [-0.25, -0.2) is 4.98 Å². The van der Waals surface area contributed by atoms with Crippen LogP contribution in [0.1, 0.15) is 43.3 Å². The topological polar surface area (TPSA) is 103 Å². The maximum absolute atomic E-state index is 12.5. The number of anilines is 1. The van der Waals surface area contributed by atoms with E-state index in [0.717, 1.165) is 48.4 Å². The summed E-state index contributed by atoms with van der Waals surface area (Å²) >= 11 is 0. The van der Waals surface area contributed by atoms with Crippen LogP contribution in [-0.4, -0.2) is 48.3 Å². The largest absolute Gasteiger partial charge is 0.497 e. The lowest BCUT2D eigenvalue weighted by Crippen LogP contribution is -2.34. The van der Waals surface area contributed by atoms with Gasteiger partial charge in [0.2, 0.25) is 5.91 Å². The number of rotatable bonds is 8. The molecule has 4 rings (SSSR count). The van der Waals surface area contributed by atoms with Gasteiger partial charge in [0.25, 0.3) is 5.71 Å². The van der Waals surface area contributed by atoms with Gasteiger partial charge in [0.05, 0.1) is 19.9 Å². The van der Waals surface area contributed by atoms with Crippen LogP contribution in [0.2, 0.25) is 0 Å². The molecule has 9 nitrogen and oxygen atoms in total. The zero-order valence-electron chi connectivity index (χ0n) is 19.7. The first-order valence-corrected chi connectivity index (χ1v) is 11.3. The van der Waals surface area contributed by atoms with Gasteiger partial charge in [-0.1, -0.05) is 12.1 Å². The highest BCUT2D eigenvalue weighted by molar-refractivity contribution is 5.88. The van der Waals surface area contributed by atoms with Crippen LogP contribution in [0.15, 0.2) is 22.7 Å². The number of hydrogen-bond donors (Lipinski definition) is 1. The first-order chi connectivity index (χ1) is 16.0. The lowest BCUT2D eigenvalue weighted by atomic mass is 9.99. The molecule has 33 heavy (non-hydrogen) atoms.